The Hall–Kier alpha value is -0.130. The van der Waals surface area contributed by atoms with Gasteiger partial charge < -0.3 is 10.1 Å². The third-order valence-corrected chi connectivity index (χ3v) is 6.43. The summed E-state index contributed by atoms with van der Waals surface area (Å²) in [7, 11) is -3.10. The van der Waals surface area contributed by atoms with Crippen LogP contribution in [0.3, 0.4) is 0 Å². The van der Waals surface area contributed by atoms with Gasteiger partial charge in [-0.3, -0.25) is 0 Å². The fraction of sp³-hybridized carbons (Fsp3) is 1.00. The van der Waals surface area contributed by atoms with Crippen molar-refractivity contribution in [3.63, 3.8) is 0 Å². The summed E-state index contributed by atoms with van der Waals surface area (Å²) in [6, 6.07) is 0.0800. The molecule has 1 fully saturated rings. The molecule has 1 saturated heterocycles. The molecule has 0 aromatic heterocycles. The molecule has 0 aromatic rings. The van der Waals surface area contributed by atoms with Crippen LogP contribution in [-0.2, 0) is 14.6 Å². The molecule has 0 radical (unpaired) electrons. The van der Waals surface area contributed by atoms with E-state index < -0.39 is 9.84 Å². The number of rotatable bonds is 10. The molecule has 0 amide bonds. The molecule has 1 aliphatic rings. The van der Waals surface area contributed by atoms with E-state index >= 15 is 0 Å². The van der Waals surface area contributed by atoms with Crippen LogP contribution in [0.15, 0.2) is 0 Å². The molecule has 1 heterocycles. The number of ether oxygens (including phenoxy) is 1. The highest BCUT2D eigenvalue weighted by atomic mass is 32.2. The maximum atomic E-state index is 12.7. The third kappa shape index (κ3) is 5.34. The van der Waals surface area contributed by atoms with Gasteiger partial charge in [-0.05, 0) is 38.6 Å². The Kier molecular flexibility index (Phi) is 8.07. The van der Waals surface area contributed by atoms with Gasteiger partial charge in [0.25, 0.3) is 0 Å². The Balaban J connectivity index is 2.72. The van der Waals surface area contributed by atoms with E-state index in [4.69, 9.17) is 4.74 Å². The lowest BCUT2D eigenvalue weighted by atomic mass is 10.1. The van der Waals surface area contributed by atoms with Crippen molar-refractivity contribution in [1.29, 1.82) is 0 Å². The molecule has 0 bridgehead atoms. The van der Waals surface area contributed by atoms with Crippen molar-refractivity contribution in [2.75, 3.05) is 18.9 Å². The van der Waals surface area contributed by atoms with Gasteiger partial charge in [-0.1, -0.05) is 27.2 Å². The van der Waals surface area contributed by atoms with Gasteiger partial charge in [-0.25, -0.2) is 8.42 Å². The molecule has 1 aliphatic heterocycles. The maximum Gasteiger partial charge on any atom is 0.157 e. The van der Waals surface area contributed by atoms with Crippen LogP contribution < -0.4 is 5.32 Å². The minimum absolute atomic E-state index is 0.0800. The predicted octanol–water partition coefficient (Wildman–Crippen LogP) is 2.53. The Morgan fingerprint density at radius 3 is 2.50 bits per heavy atom. The van der Waals surface area contributed by atoms with Crippen LogP contribution >= 0.6 is 0 Å². The van der Waals surface area contributed by atoms with Crippen molar-refractivity contribution in [2.24, 2.45) is 0 Å². The molecule has 3 atom stereocenters. The average Bonchev–Trinajstić information content (AvgIpc) is 2.88. The van der Waals surface area contributed by atoms with E-state index in [0.717, 1.165) is 38.6 Å². The van der Waals surface area contributed by atoms with E-state index in [0.29, 0.717) is 13.0 Å². The Bertz CT molecular complexity index is 350. The first-order valence-corrected chi connectivity index (χ1v) is 9.83. The van der Waals surface area contributed by atoms with Crippen LogP contribution in [-0.4, -0.2) is 44.7 Å². The van der Waals surface area contributed by atoms with E-state index in [2.05, 4.69) is 19.2 Å². The highest BCUT2D eigenvalue weighted by Crippen LogP contribution is 2.21. The molecule has 1 N–H and O–H groups in total. The van der Waals surface area contributed by atoms with Crippen molar-refractivity contribution in [3.05, 3.63) is 0 Å². The van der Waals surface area contributed by atoms with Crippen molar-refractivity contribution in [2.45, 2.75) is 76.7 Å². The molecule has 0 aliphatic carbocycles. The Labute approximate surface area is 124 Å². The minimum atomic E-state index is -3.10. The van der Waals surface area contributed by atoms with Crippen LogP contribution in [0, 0.1) is 0 Å². The second-order valence-electron chi connectivity index (χ2n) is 5.76. The van der Waals surface area contributed by atoms with Crippen LogP contribution in [0.25, 0.3) is 0 Å². The zero-order valence-corrected chi connectivity index (χ0v) is 14.0. The third-order valence-electron chi connectivity index (χ3n) is 4.01. The predicted molar refractivity (Wildman–Crippen MR) is 83.8 cm³/mol. The first-order valence-electron chi connectivity index (χ1n) is 8.11. The zero-order valence-electron chi connectivity index (χ0n) is 13.2. The molecular weight excluding hydrogens is 274 g/mol. The smallest absolute Gasteiger partial charge is 0.157 e. The van der Waals surface area contributed by atoms with Crippen LogP contribution in [0.4, 0.5) is 0 Å². The lowest BCUT2D eigenvalue weighted by molar-refractivity contribution is 0.127. The van der Waals surface area contributed by atoms with Crippen molar-refractivity contribution in [3.8, 4) is 0 Å². The van der Waals surface area contributed by atoms with Crippen molar-refractivity contribution < 1.29 is 13.2 Å². The number of hydrogen-bond donors (Lipinski definition) is 1. The topological polar surface area (TPSA) is 55.4 Å². The fourth-order valence-corrected chi connectivity index (χ4v) is 5.28. The molecular formula is C15H31NO3S. The van der Waals surface area contributed by atoms with E-state index in [9.17, 15) is 8.42 Å². The van der Waals surface area contributed by atoms with Gasteiger partial charge in [-0.15, -0.1) is 0 Å². The van der Waals surface area contributed by atoms with Crippen molar-refractivity contribution in [1.82, 2.24) is 5.32 Å². The molecule has 4 nitrogen and oxygen atoms in total. The minimum Gasteiger partial charge on any atom is -0.377 e. The summed E-state index contributed by atoms with van der Waals surface area (Å²) in [4.78, 5) is 0. The fourth-order valence-electron chi connectivity index (χ4n) is 3.01. The molecule has 0 aromatic carbocycles. The van der Waals surface area contributed by atoms with Crippen molar-refractivity contribution >= 4 is 9.84 Å². The van der Waals surface area contributed by atoms with Gasteiger partial charge >= 0.3 is 0 Å². The lowest BCUT2D eigenvalue weighted by Gasteiger charge is -2.28. The second-order valence-corrected chi connectivity index (χ2v) is 8.03. The SMILES string of the molecule is CCCNC(CCC)C(CC)S(=O)(=O)CC1CCCO1. The first kappa shape index (κ1) is 17.9. The zero-order chi connectivity index (χ0) is 15.0. The molecule has 3 unspecified atom stereocenters. The standard InChI is InChI=1S/C15H31NO3S/c1-4-8-14(16-10-5-2)15(6-3)20(17,18)12-13-9-7-11-19-13/h13-16H,4-12H2,1-3H3. The molecule has 0 saturated carbocycles. The summed E-state index contributed by atoms with van der Waals surface area (Å²) >= 11 is 0. The van der Waals surface area contributed by atoms with E-state index in [1.165, 1.54) is 0 Å². The number of sulfone groups is 1. The molecule has 5 heteroatoms. The molecule has 20 heavy (non-hydrogen) atoms. The number of nitrogens with one attached hydrogen (secondary N) is 1. The molecule has 120 valence electrons. The van der Waals surface area contributed by atoms with Crippen LogP contribution in [0.5, 0.6) is 0 Å². The summed E-state index contributed by atoms with van der Waals surface area (Å²) in [5.41, 5.74) is 0. The molecule has 1 rings (SSSR count). The van der Waals surface area contributed by atoms with Crippen LogP contribution in [0.2, 0.25) is 0 Å². The summed E-state index contributed by atoms with van der Waals surface area (Å²) in [5.74, 6) is 0.194. The van der Waals surface area contributed by atoms with Gasteiger partial charge in [0.1, 0.15) is 0 Å². The van der Waals surface area contributed by atoms with E-state index in [1.807, 2.05) is 6.92 Å². The largest absolute Gasteiger partial charge is 0.377 e. The van der Waals surface area contributed by atoms with Gasteiger partial charge in [-0.2, -0.15) is 0 Å². The number of hydrogen-bond acceptors (Lipinski definition) is 4. The lowest BCUT2D eigenvalue weighted by Crippen LogP contribution is -2.46. The average molecular weight is 305 g/mol. The van der Waals surface area contributed by atoms with Crippen LogP contribution in [0.1, 0.15) is 59.3 Å². The Morgan fingerprint density at radius 1 is 1.25 bits per heavy atom. The van der Waals surface area contributed by atoms with Gasteiger partial charge in [0.05, 0.1) is 17.1 Å². The normalized spacial score (nSPS) is 22.9. The summed E-state index contributed by atoms with van der Waals surface area (Å²) in [6.45, 7) is 7.80. The first-order chi connectivity index (χ1) is 9.55. The summed E-state index contributed by atoms with van der Waals surface area (Å²) < 4.78 is 30.9. The quantitative estimate of drug-likeness (QED) is 0.674. The van der Waals surface area contributed by atoms with E-state index in [1.54, 1.807) is 0 Å². The van der Waals surface area contributed by atoms with E-state index in [-0.39, 0.29) is 23.1 Å². The second kappa shape index (κ2) is 9.00. The summed E-state index contributed by atoms with van der Waals surface area (Å²) in [5, 5.41) is 3.15. The highest BCUT2D eigenvalue weighted by molar-refractivity contribution is 7.92. The monoisotopic (exact) mass is 305 g/mol. The van der Waals surface area contributed by atoms with Gasteiger partial charge in [0, 0.05) is 12.6 Å². The summed E-state index contributed by atoms with van der Waals surface area (Å²) in [6.07, 6.45) is 5.43. The maximum absolute atomic E-state index is 12.7. The Morgan fingerprint density at radius 2 is 2.00 bits per heavy atom. The van der Waals surface area contributed by atoms with Gasteiger partial charge in [0.2, 0.25) is 0 Å². The molecule has 0 spiro atoms. The van der Waals surface area contributed by atoms with Gasteiger partial charge in [0.15, 0.2) is 9.84 Å². The highest BCUT2D eigenvalue weighted by Gasteiger charge is 2.34.